The molecule has 28 rings (SSSR count). The zero-order valence-electron chi connectivity index (χ0n) is 68.6. The molecule has 14 N–H and O–H groups in total. The van der Waals surface area contributed by atoms with Gasteiger partial charge in [-0.25, -0.2) is 0 Å². The van der Waals surface area contributed by atoms with Gasteiger partial charge in [-0.15, -0.1) is 0 Å². The molecule has 0 aliphatic carbocycles. The van der Waals surface area contributed by atoms with Crippen molar-refractivity contribution in [2.24, 2.45) is 0 Å². The second-order valence-electron chi connectivity index (χ2n) is 32.0. The summed E-state index contributed by atoms with van der Waals surface area (Å²) in [6.45, 7) is -8.40. The quantitative estimate of drug-likeness (QED) is 0.0314. The Morgan fingerprint density at radius 3 is 0.381 bits per heavy atom. The maximum absolute atomic E-state index is 13.1. The molecule has 21 heterocycles. The van der Waals surface area contributed by atoms with Gasteiger partial charge in [-0.05, 0) is 38.9 Å². The molecule has 21 fully saturated rings. The summed E-state index contributed by atoms with van der Waals surface area (Å²) in [6, 6.07) is 61.2. The molecule has 0 radical (unpaired) electrons. The number of aliphatic hydroxyl groups is 14. The van der Waals surface area contributed by atoms with Crippen LogP contribution in [0.4, 0.5) is 0 Å². The average Bonchev–Trinajstić information content (AvgIpc) is 0.777. The van der Waals surface area contributed by atoms with Crippen LogP contribution >= 0.6 is 0 Å². The third kappa shape index (κ3) is 22.3. The summed E-state index contributed by atoms with van der Waals surface area (Å²) in [5, 5.41) is 173. The maximum Gasteiger partial charge on any atom is 0.187 e. The first-order valence-corrected chi connectivity index (χ1v) is 42.3. The number of hydrogen-bond acceptors (Lipinski definition) is 35. The van der Waals surface area contributed by atoms with Crippen LogP contribution in [-0.4, -0.2) is 333 Å². The Morgan fingerprint density at radius 1 is 0.167 bits per heavy atom. The van der Waals surface area contributed by atoms with E-state index in [0.717, 1.165) is 0 Å². The van der Waals surface area contributed by atoms with E-state index in [-0.39, 0.29) is 46.2 Å². The van der Waals surface area contributed by atoms with Gasteiger partial charge in [0.15, 0.2) is 44.0 Å². The first-order chi connectivity index (χ1) is 61.5. The topological polar surface area (TPSA) is 477 Å². The van der Waals surface area contributed by atoms with Gasteiger partial charge in [0.2, 0.25) is 0 Å². The normalized spacial score (nSPS) is 38.2. The van der Waals surface area contributed by atoms with Crippen LogP contribution in [0.1, 0.15) is 38.9 Å². The molecule has 126 heavy (non-hydrogen) atoms. The molecule has 7 aromatic rings. The molecule has 21 aliphatic heterocycles. The van der Waals surface area contributed by atoms with Gasteiger partial charge in [-0.3, -0.25) is 0 Å². The van der Waals surface area contributed by atoms with E-state index in [2.05, 4.69) is 0 Å². The molecule has 14 bridgehead atoms. The number of ether oxygens (including phenoxy) is 21. The number of aliphatic hydroxyl groups excluding tert-OH is 14. The van der Waals surface area contributed by atoms with E-state index < -0.39 is 261 Å². The molecule has 21 saturated heterocycles. The lowest BCUT2D eigenvalue weighted by Crippen LogP contribution is -2.69. The molecule has 7 aromatic carbocycles. The highest BCUT2D eigenvalue weighted by Gasteiger charge is 2.62. The Balaban J connectivity index is 0.831. The fourth-order valence-corrected chi connectivity index (χ4v) is 16.9. The predicted octanol–water partition coefficient (Wildman–Crippen LogP) is 0.341. The first-order valence-electron chi connectivity index (χ1n) is 42.3. The Hall–Kier alpha value is -6.86. The lowest BCUT2D eigenvalue weighted by Gasteiger charge is -2.51. The highest BCUT2D eigenvalue weighted by molar-refractivity contribution is 5.20. The fourth-order valence-electron chi connectivity index (χ4n) is 16.9. The van der Waals surface area contributed by atoms with Crippen LogP contribution in [0.3, 0.4) is 0 Å². The summed E-state index contributed by atoms with van der Waals surface area (Å²) in [5.41, 5.74) is 4.09. The van der Waals surface area contributed by atoms with Gasteiger partial charge < -0.3 is 171 Å². The predicted molar refractivity (Wildman–Crippen MR) is 432 cm³/mol. The second-order valence-corrected chi connectivity index (χ2v) is 32.0. The fraction of sp³-hybridized carbons (Fsp3) is 0.538. The van der Waals surface area contributed by atoms with E-state index in [1.54, 1.807) is 212 Å². The highest BCUT2D eigenvalue weighted by Crippen LogP contribution is 2.43. The van der Waals surface area contributed by atoms with Gasteiger partial charge in [-0.2, -0.15) is 0 Å². The van der Waals surface area contributed by atoms with Crippen molar-refractivity contribution in [1.29, 1.82) is 0 Å². The van der Waals surface area contributed by atoms with Crippen LogP contribution in [0, 0.1) is 0 Å². The van der Waals surface area contributed by atoms with Gasteiger partial charge in [0.05, 0.1) is 92.5 Å². The molecule has 0 spiro atoms. The van der Waals surface area contributed by atoms with Crippen LogP contribution in [-0.2, 0) is 146 Å². The molecule has 686 valence electrons. The minimum absolute atomic E-state index is 0.249. The van der Waals surface area contributed by atoms with E-state index in [4.69, 9.17) is 99.5 Å². The van der Waals surface area contributed by atoms with Crippen LogP contribution in [0.15, 0.2) is 212 Å². The van der Waals surface area contributed by atoms with Crippen molar-refractivity contribution in [3.8, 4) is 0 Å². The van der Waals surface area contributed by atoms with Gasteiger partial charge >= 0.3 is 0 Å². The number of hydrogen-bond donors (Lipinski definition) is 14. The number of benzene rings is 7. The van der Waals surface area contributed by atoms with Crippen LogP contribution in [0.25, 0.3) is 0 Å². The van der Waals surface area contributed by atoms with Crippen molar-refractivity contribution in [2.45, 2.75) is 261 Å². The molecular formula is C91H112O35. The van der Waals surface area contributed by atoms with Gasteiger partial charge in [0.1, 0.15) is 171 Å². The highest BCUT2D eigenvalue weighted by atomic mass is 16.8. The third-order valence-electron chi connectivity index (χ3n) is 23.6. The standard InChI is InChI=1S/C91H112O35/c92-36-57-71-64(99)78(106-43-50-22-8-1-9-23-50)85(113-57)120-72-58(37-93)114-87(79(65(72)100)107-44-51-24-10-2-11-25-51)122-74-60(39-95)116-89(81(67(74)102)109-46-53-28-14-4-15-29-53)124-76-62(41-97)118-91(83(69(76)104)111-48-55-32-18-6-19-33-55)126-77-63(42-98)119-90(84(70(77)105)112-49-56-34-20-7-21-35-56)125-75-61(40-96)117-88(82(68(75)103)110-47-54-30-16-5-17-31-54)123-73-59(38-94)115-86(121-71)80(66(73)101)108-45-52-26-12-3-13-27-52/h1-35,57-105H,36-49H2/t57-,58-,59-,60-,61-,62-,63-,64+,65+,66+,67+,68+,69+,70+,71-,72-,73-,74-,75-,76-,77-,78-,79-,80-,81-,82-,83-,84+,85-,86-,87-,88-,89-,90-,91-/m1/s1. The molecular weight excluding hydrogens is 1650 g/mol. The second kappa shape index (κ2) is 45.3. The Morgan fingerprint density at radius 2 is 0.278 bits per heavy atom. The summed E-state index contributed by atoms with van der Waals surface area (Å²) in [6.07, 6.45) is -62.1. The Kier molecular flexibility index (Phi) is 33.7. The third-order valence-corrected chi connectivity index (χ3v) is 23.6. The molecule has 21 aliphatic rings. The zero-order chi connectivity index (χ0) is 87.7. The van der Waals surface area contributed by atoms with Crippen LogP contribution in [0.5, 0.6) is 0 Å². The van der Waals surface area contributed by atoms with Crippen molar-refractivity contribution in [2.75, 3.05) is 46.2 Å². The summed E-state index contributed by atoms with van der Waals surface area (Å²) in [7, 11) is 0. The summed E-state index contributed by atoms with van der Waals surface area (Å²) in [4.78, 5) is 0. The molecule has 0 saturated carbocycles. The summed E-state index contributed by atoms with van der Waals surface area (Å²) < 4.78 is 139. The SMILES string of the molecule is OC[C@H]1O[C@@H]2O[C@H]3[C@H](O)[C@@H](OCc4ccccc4)[C@@H](O[C@H]4[C@H](O)[C@@H](OCc5ccccc5)[C@@H](O[C@H]5[C@H](O)[C@@H](OCc6ccccc6)[C@@H](O[C@H]6[C@H](O)[C@@H](OCc7ccccc7)[C@@H](O[C@H]7[C@H](O)[C@@H](OCc8ccccc8)[C@@H](O[C@H]8[C@H](O)[C@@H](OCc9ccccc9)[C@@H](O[C@H]1[C@H](O)[C@@H]2OCc1ccccc1)O[C@@H]8CO)O[C@@H]7CO)O[C@@H]6CO)O[C@@H]5CO)O[C@@H]4CO)O[C@@H]3CO. The van der Waals surface area contributed by atoms with Crippen molar-refractivity contribution in [3.05, 3.63) is 251 Å². The van der Waals surface area contributed by atoms with Crippen molar-refractivity contribution < 1.29 is 171 Å². The van der Waals surface area contributed by atoms with E-state index in [1.165, 1.54) is 0 Å². The smallest absolute Gasteiger partial charge is 0.187 e. The first kappa shape index (κ1) is 93.8. The van der Waals surface area contributed by atoms with Crippen molar-refractivity contribution in [1.82, 2.24) is 0 Å². The summed E-state index contributed by atoms with van der Waals surface area (Å²) in [5.74, 6) is 0. The van der Waals surface area contributed by atoms with Gasteiger partial charge in [0, 0.05) is 0 Å². The minimum atomic E-state index is -1.95. The Bertz CT molecular complexity index is 3530. The largest absolute Gasteiger partial charge is 0.394 e. The molecule has 35 nitrogen and oxygen atoms in total. The lowest BCUT2D eigenvalue weighted by molar-refractivity contribution is -0.403. The zero-order valence-corrected chi connectivity index (χ0v) is 68.6. The van der Waals surface area contributed by atoms with E-state index in [1.807, 2.05) is 0 Å². The molecule has 0 unspecified atom stereocenters. The van der Waals surface area contributed by atoms with Crippen molar-refractivity contribution >= 4 is 0 Å². The lowest BCUT2D eigenvalue weighted by atomic mass is 9.94. The number of rotatable bonds is 28. The van der Waals surface area contributed by atoms with Gasteiger partial charge in [0.25, 0.3) is 0 Å². The summed E-state index contributed by atoms with van der Waals surface area (Å²) >= 11 is 0. The minimum Gasteiger partial charge on any atom is -0.394 e. The Labute approximate surface area is 726 Å². The maximum atomic E-state index is 13.1. The molecule has 0 amide bonds. The van der Waals surface area contributed by atoms with Crippen LogP contribution in [0.2, 0.25) is 0 Å². The molecule has 35 atom stereocenters. The molecule has 0 aromatic heterocycles. The average molecular weight is 1770 g/mol. The monoisotopic (exact) mass is 1760 g/mol. The van der Waals surface area contributed by atoms with Crippen LogP contribution < -0.4 is 0 Å². The van der Waals surface area contributed by atoms with E-state index >= 15 is 0 Å². The van der Waals surface area contributed by atoms with E-state index in [0.29, 0.717) is 38.9 Å². The molecule has 35 heteroatoms. The van der Waals surface area contributed by atoms with Gasteiger partial charge in [-0.1, -0.05) is 212 Å². The van der Waals surface area contributed by atoms with E-state index in [9.17, 15) is 71.5 Å². The van der Waals surface area contributed by atoms with Crippen molar-refractivity contribution in [3.63, 3.8) is 0 Å².